The van der Waals surface area contributed by atoms with Crippen LogP contribution in [0.2, 0.25) is 0 Å². The van der Waals surface area contributed by atoms with Crippen molar-refractivity contribution in [3.05, 3.63) is 35.6 Å². The van der Waals surface area contributed by atoms with Gasteiger partial charge in [0.25, 0.3) is 0 Å². The maximum atomic E-state index is 12.8. The summed E-state index contributed by atoms with van der Waals surface area (Å²) in [5.74, 6) is -0.578. The lowest BCUT2D eigenvalue weighted by atomic mass is 9.97. The molecule has 0 bridgehead atoms. The lowest BCUT2D eigenvalue weighted by Gasteiger charge is -2.22. The monoisotopic (exact) mass is 251 g/mol. The van der Waals surface area contributed by atoms with Crippen LogP contribution in [-0.2, 0) is 4.79 Å². The molecular weight excluding hydrogens is 233 g/mol. The van der Waals surface area contributed by atoms with E-state index < -0.39 is 5.97 Å². The summed E-state index contributed by atoms with van der Waals surface area (Å²) in [5, 5.41) is 8.77. The number of carboxylic acid groups (broad SMARTS) is 1. The zero-order valence-corrected chi connectivity index (χ0v) is 10.5. The molecule has 2 atom stereocenters. The molecule has 4 heteroatoms. The third kappa shape index (κ3) is 3.07. The molecule has 1 aliphatic carbocycles. The van der Waals surface area contributed by atoms with Crippen LogP contribution in [0.25, 0.3) is 0 Å². The summed E-state index contributed by atoms with van der Waals surface area (Å²) in [6.07, 6.45) is 3.00. The predicted molar refractivity (Wildman–Crippen MR) is 67.0 cm³/mol. The van der Waals surface area contributed by atoms with Crippen molar-refractivity contribution in [1.29, 1.82) is 0 Å². The molecule has 1 unspecified atom stereocenters. The van der Waals surface area contributed by atoms with Gasteiger partial charge in [0.15, 0.2) is 0 Å². The van der Waals surface area contributed by atoms with Crippen molar-refractivity contribution >= 4 is 5.97 Å². The Balaban J connectivity index is 1.95. The van der Waals surface area contributed by atoms with Crippen LogP contribution in [0, 0.1) is 5.82 Å². The zero-order valence-electron chi connectivity index (χ0n) is 10.5. The number of rotatable bonds is 4. The second-order valence-electron chi connectivity index (χ2n) is 5.02. The number of carbonyl (C=O) groups is 1. The highest BCUT2D eigenvalue weighted by Crippen LogP contribution is 2.36. The molecule has 0 aromatic heterocycles. The average molecular weight is 251 g/mol. The van der Waals surface area contributed by atoms with E-state index in [1.54, 1.807) is 0 Å². The number of carboxylic acids is 1. The van der Waals surface area contributed by atoms with Gasteiger partial charge >= 0.3 is 5.97 Å². The second-order valence-corrected chi connectivity index (χ2v) is 5.02. The summed E-state index contributed by atoms with van der Waals surface area (Å²) in [7, 11) is 1.85. The Hall–Kier alpha value is -1.42. The fraction of sp³-hybridized carbons (Fsp3) is 0.500. The molecule has 0 spiro atoms. The summed E-state index contributed by atoms with van der Waals surface area (Å²) in [6.45, 7) is 0.0841. The van der Waals surface area contributed by atoms with Crippen LogP contribution in [0.15, 0.2) is 24.3 Å². The van der Waals surface area contributed by atoms with Gasteiger partial charge in [-0.25, -0.2) is 4.39 Å². The number of benzene rings is 1. The van der Waals surface area contributed by atoms with E-state index in [-0.39, 0.29) is 12.4 Å². The molecule has 0 heterocycles. The minimum Gasteiger partial charge on any atom is -0.480 e. The van der Waals surface area contributed by atoms with E-state index in [1.807, 2.05) is 24.1 Å². The van der Waals surface area contributed by atoms with E-state index in [0.29, 0.717) is 12.0 Å². The standard InChI is InChI=1S/C14H18FNO2/c1-16(9-14(17)18)13-7-4-11(8-13)10-2-5-12(15)6-3-10/h2-3,5-6,11,13H,4,7-9H2,1H3,(H,17,18)/t11?,13-/m1/s1. The van der Waals surface area contributed by atoms with Crippen molar-refractivity contribution in [2.45, 2.75) is 31.2 Å². The smallest absolute Gasteiger partial charge is 0.317 e. The number of hydrogen-bond acceptors (Lipinski definition) is 2. The number of hydrogen-bond donors (Lipinski definition) is 1. The summed E-state index contributed by atoms with van der Waals surface area (Å²) in [5.41, 5.74) is 1.16. The maximum absolute atomic E-state index is 12.8. The van der Waals surface area contributed by atoms with E-state index >= 15 is 0 Å². The molecule has 1 aromatic carbocycles. The zero-order chi connectivity index (χ0) is 13.1. The Morgan fingerprint density at radius 3 is 2.67 bits per heavy atom. The van der Waals surface area contributed by atoms with Gasteiger partial charge in [-0.3, -0.25) is 9.69 Å². The number of likely N-dealkylation sites (N-methyl/N-ethyl adjacent to an activating group) is 1. The molecule has 0 radical (unpaired) electrons. The van der Waals surface area contributed by atoms with Gasteiger partial charge in [0.05, 0.1) is 6.54 Å². The summed E-state index contributed by atoms with van der Waals surface area (Å²) < 4.78 is 12.8. The Morgan fingerprint density at radius 1 is 1.39 bits per heavy atom. The van der Waals surface area contributed by atoms with Crippen LogP contribution in [0.1, 0.15) is 30.7 Å². The average Bonchev–Trinajstić information content (AvgIpc) is 2.78. The summed E-state index contributed by atoms with van der Waals surface area (Å²) >= 11 is 0. The molecule has 1 aliphatic rings. The van der Waals surface area contributed by atoms with Crippen molar-refractivity contribution in [2.24, 2.45) is 0 Å². The highest BCUT2D eigenvalue weighted by molar-refractivity contribution is 5.69. The molecule has 1 saturated carbocycles. The van der Waals surface area contributed by atoms with E-state index in [2.05, 4.69) is 0 Å². The van der Waals surface area contributed by atoms with Crippen LogP contribution >= 0.6 is 0 Å². The normalized spacial score (nSPS) is 23.5. The van der Waals surface area contributed by atoms with Crippen LogP contribution in [0.4, 0.5) is 4.39 Å². The Labute approximate surface area is 106 Å². The van der Waals surface area contributed by atoms with Crippen molar-refractivity contribution in [2.75, 3.05) is 13.6 Å². The van der Waals surface area contributed by atoms with Gasteiger partial charge in [0.1, 0.15) is 5.82 Å². The SMILES string of the molecule is CN(CC(=O)O)[C@@H]1CCC(c2ccc(F)cc2)C1. The highest BCUT2D eigenvalue weighted by atomic mass is 19.1. The molecule has 2 rings (SSSR count). The lowest BCUT2D eigenvalue weighted by Crippen LogP contribution is -2.34. The first-order valence-corrected chi connectivity index (χ1v) is 6.23. The van der Waals surface area contributed by atoms with Gasteiger partial charge in [-0.2, -0.15) is 0 Å². The van der Waals surface area contributed by atoms with Crippen molar-refractivity contribution in [1.82, 2.24) is 4.90 Å². The van der Waals surface area contributed by atoms with Crippen LogP contribution in [-0.4, -0.2) is 35.6 Å². The Kier molecular flexibility index (Phi) is 3.97. The number of halogens is 1. The van der Waals surface area contributed by atoms with Crippen molar-refractivity contribution < 1.29 is 14.3 Å². The topological polar surface area (TPSA) is 40.5 Å². The number of nitrogens with zero attached hydrogens (tertiary/aromatic N) is 1. The highest BCUT2D eigenvalue weighted by Gasteiger charge is 2.29. The first kappa shape index (κ1) is 13.0. The predicted octanol–water partition coefficient (Wildman–Crippen LogP) is 2.48. The van der Waals surface area contributed by atoms with Crippen LogP contribution in [0.5, 0.6) is 0 Å². The third-order valence-electron chi connectivity index (χ3n) is 3.75. The minimum absolute atomic E-state index is 0.0841. The number of aliphatic carboxylic acids is 1. The Morgan fingerprint density at radius 2 is 2.06 bits per heavy atom. The Bertz CT molecular complexity index is 418. The molecule has 18 heavy (non-hydrogen) atoms. The first-order chi connectivity index (χ1) is 8.56. The molecule has 3 nitrogen and oxygen atoms in total. The van der Waals surface area contributed by atoms with Crippen LogP contribution < -0.4 is 0 Å². The molecule has 1 fully saturated rings. The minimum atomic E-state index is -0.789. The lowest BCUT2D eigenvalue weighted by molar-refractivity contribution is -0.138. The largest absolute Gasteiger partial charge is 0.480 e. The van der Waals surface area contributed by atoms with E-state index in [4.69, 9.17) is 5.11 Å². The summed E-state index contributed by atoms with van der Waals surface area (Å²) in [6, 6.07) is 6.96. The molecule has 0 amide bonds. The fourth-order valence-corrected chi connectivity index (χ4v) is 2.74. The first-order valence-electron chi connectivity index (χ1n) is 6.23. The summed E-state index contributed by atoms with van der Waals surface area (Å²) in [4.78, 5) is 12.6. The van der Waals surface area contributed by atoms with E-state index in [1.165, 1.54) is 12.1 Å². The van der Waals surface area contributed by atoms with Gasteiger partial charge in [0, 0.05) is 6.04 Å². The van der Waals surface area contributed by atoms with Gasteiger partial charge in [0.2, 0.25) is 0 Å². The van der Waals surface area contributed by atoms with Gasteiger partial charge in [-0.15, -0.1) is 0 Å². The third-order valence-corrected chi connectivity index (χ3v) is 3.75. The maximum Gasteiger partial charge on any atom is 0.317 e. The van der Waals surface area contributed by atoms with Crippen molar-refractivity contribution in [3.8, 4) is 0 Å². The van der Waals surface area contributed by atoms with E-state index in [9.17, 15) is 9.18 Å². The molecular formula is C14H18FNO2. The quantitative estimate of drug-likeness (QED) is 0.893. The molecule has 0 aliphatic heterocycles. The second kappa shape index (κ2) is 5.48. The van der Waals surface area contributed by atoms with Gasteiger partial charge in [-0.1, -0.05) is 12.1 Å². The van der Waals surface area contributed by atoms with Gasteiger partial charge in [-0.05, 0) is 49.9 Å². The molecule has 0 saturated heterocycles. The van der Waals surface area contributed by atoms with Crippen molar-refractivity contribution in [3.63, 3.8) is 0 Å². The molecule has 1 N–H and O–H groups in total. The van der Waals surface area contributed by atoms with Crippen LogP contribution in [0.3, 0.4) is 0 Å². The molecule has 98 valence electrons. The van der Waals surface area contributed by atoms with E-state index in [0.717, 1.165) is 24.8 Å². The molecule has 1 aromatic rings. The fourth-order valence-electron chi connectivity index (χ4n) is 2.74. The van der Waals surface area contributed by atoms with Gasteiger partial charge < -0.3 is 5.11 Å².